The highest BCUT2D eigenvalue weighted by Gasteiger charge is 2.11. The summed E-state index contributed by atoms with van der Waals surface area (Å²) in [6.45, 7) is 1.01. The summed E-state index contributed by atoms with van der Waals surface area (Å²) < 4.78 is 10.0. The van der Waals surface area contributed by atoms with E-state index < -0.39 is 4.92 Å². The van der Waals surface area contributed by atoms with Crippen LogP contribution in [0.1, 0.15) is 11.3 Å². The summed E-state index contributed by atoms with van der Waals surface area (Å²) in [7, 11) is 1.56. The van der Waals surface area contributed by atoms with Gasteiger partial charge in [0.05, 0.1) is 19.7 Å². The molecule has 0 aliphatic rings. The number of ether oxygens (including phenoxy) is 1. The van der Waals surface area contributed by atoms with Gasteiger partial charge in [0.15, 0.2) is 0 Å². The monoisotopic (exact) mass is 263 g/mol. The Morgan fingerprint density at radius 3 is 2.95 bits per heavy atom. The summed E-state index contributed by atoms with van der Waals surface area (Å²) in [5.41, 5.74) is 1.01. The van der Waals surface area contributed by atoms with E-state index in [1.54, 1.807) is 19.4 Å². The van der Waals surface area contributed by atoms with Crippen molar-refractivity contribution in [2.75, 3.05) is 7.11 Å². The van der Waals surface area contributed by atoms with Crippen LogP contribution in [-0.4, -0.2) is 17.0 Å². The van der Waals surface area contributed by atoms with Crippen molar-refractivity contribution in [3.63, 3.8) is 0 Å². The number of aromatic nitrogens is 1. The number of furan rings is 1. The van der Waals surface area contributed by atoms with Gasteiger partial charge in [-0.1, -0.05) is 0 Å². The van der Waals surface area contributed by atoms with Gasteiger partial charge in [-0.3, -0.25) is 10.1 Å². The van der Waals surface area contributed by atoms with Crippen LogP contribution in [0, 0.1) is 10.1 Å². The fourth-order valence-corrected chi connectivity index (χ4v) is 1.56. The molecule has 2 heterocycles. The normalized spacial score (nSPS) is 10.4. The Balaban J connectivity index is 1.86. The minimum Gasteiger partial charge on any atom is -0.481 e. The molecule has 2 rings (SSSR count). The van der Waals surface area contributed by atoms with E-state index in [-0.39, 0.29) is 5.88 Å². The summed E-state index contributed by atoms with van der Waals surface area (Å²) in [5.74, 6) is 0.822. The lowest BCUT2D eigenvalue weighted by Gasteiger charge is -2.04. The van der Waals surface area contributed by atoms with Gasteiger partial charge in [-0.2, -0.15) is 0 Å². The number of hydrogen-bond donors (Lipinski definition) is 1. The Kier molecular flexibility index (Phi) is 4.09. The van der Waals surface area contributed by atoms with Crippen molar-refractivity contribution in [1.82, 2.24) is 10.3 Å². The summed E-state index contributed by atoms with van der Waals surface area (Å²) >= 11 is 0. The number of pyridine rings is 1. The molecule has 0 aliphatic carbocycles. The lowest BCUT2D eigenvalue weighted by Crippen LogP contribution is -2.12. The van der Waals surface area contributed by atoms with Gasteiger partial charge in [0, 0.05) is 18.8 Å². The van der Waals surface area contributed by atoms with Gasteiger partial charge in [-0.05, 0) is 17.7 Å². The van der Waals surface area contributed by atoms with Crippen LogP contribution in [0.15, 0.2) is 34.9 Å². The first-order valence-electron chi connectivity index (χ1n) is 5.62. The number of nitro groups is 1. The van der Waals surface area contributed by atoms with Gasteiger partial charge in [-0.15, -0.1) is 0 Å². The second-order valence-electron chi connectivity index (χ2n) is 3.81. The van der Waals surface area contributed by atoms with Crippen LogP contribution in [-0.2, 0) is 13.1 Å². The van der Waals surface area contributed by atoms with E-state index in [0.717, 1.165) is 5.56 Å². The zero-order chi connectivity index (χ0) is 13.7. The van der Waals surface area contributed by atoms with Crippen LogP contribution >= 0.6 is 0 Å². The minimum absolute atomic E-state index is 0.248. The molecule has 2 aromatic heterocycles. The van der Waals surface area contributed by atoms with Crippen molar-refractivity contribution < 1.29 is 14.1 Å². The zero-order valence-corrected chi connectivity index (χ0v) is 10.3. The van der Waals surface area contributed by atoms with E-state index in [1.165, 1.54) is 6.07 Å². The van der Waals surface area contributed by atoms with Crippen LogP contribution in [0.3, 0.4) is 0 Å². The maximum Gasteiger partial charge on any atom is 0.433 e. The van der Waals surface area contributed by atoms with E-state index in [2.05, 4.69) is 10.3 Å². The number of nitrogens with one attached hydrogen (secondary N) is 1. The number of rotatable bonds is 6. The molecule has 0 aliphatic heterocycles. The van der Waals surface area contributed by atoms with Crippen molar-refractivity contribution in [2.24, 2.45) is 0 Å². The second-order valence-corrected chi connectivity index (χ2v) is 3.81. The quantitative estimate of drug-likeness (QED) is 0.632. The van der Waals surface area contributed by atoms with E-state index in [0.29, 0.717) is 24.7 Å². The van der Waals surface area contributed by atoms with Gasteiger partial charge in [0.25, 0.3) is 0 Å². The van der Waals surface area contributed by atoms with Crippen LogP contribution < -0.4 is 10.1 Å². The predicted molar refractivity (Wildman–Crippen MR) is 66.7 cm³/mol. The number of nitrogens with zero attached hydrogens (tertiary/aromatic N) is 2. The Labute approximate surface area is 109 Å². The zero-order valence-electron chi connectivity index (χ0n) is 10.3. The lowest BCUT2D eigenvalue weighted by atomic mass is 10.2. The van der Waals surface area contributed by atoms with Gasteiger partial charge < -0.3 is 14.5 Å². The van der Waals surface area contributed by atoms with E-state index >= 15 is 0 Å². The largest absolute Gasteiger partial charge is 0.481 e. The molecule has 7 heteroatoms. The lowest BCUT2D eigenvalue weighted by molar-refractivity contribution is -0.402. The molecule has 2 aromatic rings. The first kappa shape index (κ1) is 13.0. The molecule has 0 atom stereocenters. The molecular weight excluding hydrogens is 250 g/mol. The van der Waals surface area contributed by atoms with Crippen molar-refractivity contribution in [2.45, 2.75) is 13.1 Å². The van der Waals surface area contributed by atoms with Crippen LogP contribution in [0.25, 0.3) is 0 Å². The molecule has 0 amide bonds. The van der Waals surface area contributed by atoms with E-state index in [1.807, 2.05) is 12.1 Å². The first-order valence-corrected chi connectivity index (χ1v) is 5.62. The van der Waals surface area contributed by atoms with Gasteiger partial charge in [-0.25, -0.2) is 4.98 Å². The minimum atomic E-state index is -0.558. The van der Waals surface area contributed by atoms with Crippen LogP contribution in [0.5, 0.6) is 5.88 Å². The highest BCUT2D eigenvalue weighted by atomic mass is 16.6. The highest BCUT2D eigenvalue weighted by molar-refractivity contribution is 5.20. The Morgan fingerprint density at radius 1 is 1.42 bits per heavy atom. The molecule has 0 saturated carbocycles. The van der Waals surface area contributed by atoms with Gasteiger partial charge in [0.1, 0.15) is 10.7 Å². The summed E-state index contributed by atoms with van der Waals surface area (Å²) in [6, 6.07) is 6.60. The van der Waals surface area contributed by atoms with Gasteiger partial charge in [0.2, 0.25) is 5.88 Å². The maximum atomic E-state index is 10.5. The topological polar surface area (TPSA) is 90.4 Å². The molecule has 0 aromatic carbocycles. The summed E-state index contributed by atoms with van der Waals surface area (Å²) in [4.78, 5) is 13.9. The maximum absolute atomic E-state index is 10.5. The molecule has 0 spiro atoms. The van der Waals surface area contributed by atoms with Crippen LogP contribution in [0.2, 0.25) is 0 Å². The average molecular weight is 263 g/mol. The highest BCUT2D eigenvalue weighted by Crippen LogP contribution is 2.15. The summed E-state index contributed by atoms with van der Waals surface area (Å²) in [5, 5.41) is 13.6. The Bertz CT molecular complexity index is 568. The molecule has 0 saturated heterocycles. The first-order chi connectivity index (χ1) is 9.19. The van der Waals surface area contributed by atoms with Crippen LogP contribution in [0.4, 0.5) is 5.88 Å². The van der Waals surface area contributed by atoms with Gasteiger partial charge >= 0.3 is 5.88 Å². The molecule has 0 unspecified atom stereocenters. The van der Waals surface area contributed by atoms with E-state index in [4.69, 9.17) is 9.15 Å². The smallest absolute Gasteiger partial charge is 0.433 e. The summed E-state index contributed by atoms with van der Waals surface area (Å²) in [6.07, 6.45) is 1.66. The van der Waals surface area contributed by atoms with Crippen molar-refractivity contribution in [1.29, 1.82) is 0 Å². The Hall–Kier alpha value is -2.41. The molecule has 7 nitrogen and oxygen atoms in total. The Morgan fingerprint density at radius 2 is 2.26 bits per heavy atom. The third-order valence-electron chi connectivity index (χ3n) is 2.46. The van der Waals surface area contributed by atoms with Crippen molar-refractivity contribution in [3.05, 3.63) is 51.9 Å². The molecule has 0 bridgehead atoms. The van der Waals surface area contributed by atoms with Crippen molar-refractivity contribution >= 4 is 5.88 Å². The molecule has 0 radical (unpaired) electrons. The fraction of sp³-hybridized carbons (Fsp3) is 0.250. The second kappa shape index (κ2) is 5.96. The van der Waals surface area contributed by atoms with E-state index in [9.17, 15) is 10.1 Å². The SMILES string of the molecule is COc1cc(CNCc2ccc([N+](=O)[O-])o2)ccn1. The predicted octanol–water partition coefficient (Wildman–Crippen LogP) is 1.88. The number of hydrogen-bond acceptors (Lipinski definition) is 6. The number of methoxy groups -OCH3 is 1. The average Bonchev–Trinajstić information content (AvgIpc) is 2.88. The fourth-order valence-electron chi connectivity index (χ4n) is 1.56. The third-order valence-corrected chi connectivity index (χ3v) is 2.46. The molecule has 100 valence electrons. The third kappa shape index (κ3) is 3.52. The standard InChI is InChI=1S/C12H13N3O4/c1-18-11-6-9(4-5-14-11)7-13-8-10-2-3-12(19-10)15(16)17/h2-6,13H,7-8H2,1H3. The van der Waals surface area contributed by atoms with Crippen molar-refractivity contribution in [3.8, 4) is 5.88 Å². The molecule has 19 heavy (non-hydrogen) atoms. The molecular formula is C12H13N3O4. The molecule has 1 N–H and O–H groups in total. The molecule has 0 fully saturated rings.